The molecule has 1 aromatic carbocycles. The number of halogens is 2. The summed E-state index contributed by atoms with van der Waals surface area (Å²) in [6.45, 7) is 0.737. The van der Waals surface area contributed by atoms with E-state index < -0.39 is 4.33 Å². The number of amides is 1. The minimum absolute atomic E-state index is 0.0581. The van der Waals surface area contributed by atoms with Crippen molar-refractivity contribution in [2.45, 2.75) is 15.6 Å². The summed E-state index contributed by atoms with van der Waals surface area (Å²) in [5.41, 5.74) is 0.991. The quantitative estimate of drug-likeness (QED) is 0.739. The third kappa shape index (κ3) is 2.05. The zero-order valence-corrected chi connectivity index (χ0v) is 11.4. The lowest BCUT2D eigenvalue weighted by Gasteiger charge is -2.29. The summed E-state index contributed by atoms with van der Waals surface area (Å²) in [5.74, 6) is 0.747. The molecular weight excluding hydrogens is 277 g/mol. The molecule has 1 aromatic rings. The van der Waals surface area contributed by atoms with E-state index in [-0.39, 0.29) is 11.8 Å². The number of alkyl halides is 2. The average Bonchev–Trinajstić information content (AvgIpc) is 2.97. The first-order valence-electron chi connectivity index (χ1n) is 5.50. The lowest BCUT2D eigenvalue weighted by molar-refractivity contribution is -0.119. The molecule has 1 aliphatic carbocycles. The lowest BCUT2D eigenvalue weighted by atomic mass is 10.2. The Labute approximate surface area is 114 Å². The number of anilines is 1. The van der Waals surface area contributed by atoms with Crippen molar-refractivity contribution < 1.29 is 4.79 Å². The first-order valence-corrected chi connectivity index (χ1v) is 7.25. The molecule has 1 atom stereocenters. The average molecular weight is 288 g/mol. The number of para-hydroxylation sites is 1. The van der Waals surface area contributed by atoms with Crippen molar-refractivity contribution in [3.05, 3.63) is 24.3 Å². The Hall–Kier alpha value is -0.380. The highest BCUT2D eigenvalue weighted by Gasteiger charge is 2.57. The highest BCUT2D eigenvalue weighted by atomic mass is 35.5. The first kappa shape index (κ1) is 11.7. The van der Waals surface area contributed by atoms with Gasteiger partial charge in [-0.05, 0) is 18.6 Å². The number of fused-ring (bicyclic) bond motifs is 1. The van der Waals surface area contributed by atoms with Crippen molar-refractivity contribution >= 4 is 46.6 Å². The Morgan fingerprint density at radius 3 is 2.82 bits per heavy atom. The smallest absolute Gasteiger partial charge is 0.233 e. The largest absolute Gasteiger partial charge is 0.310 e. The molecule has 3 rings (SSSR count). The van der Waals surface area contributed by atoms with Crippen LogP contribution in [0.5, 0.6) is 0 Å². The molecule has 1 amide bonds. The van der Waals surface area contributed by atoms with Crippen molar-refractivity contribution in [3.63, 3.8) is 0 Å². The highest BCUT2D eigenvalue weighted by Crippen LogP contribution is 2.54. The predicted octanol–water partition coefficient (Wildman–Crippen LogP) is 3.32. The molecule has 1 aliphatic heterocycles. The Kier molecular flexibility index (Phi) is 2.80. The topological polar surface area (TPSA) is 20.3 Å². The summed E-state index contributed by atoms with van der Waals surface area (Å²) in [6.07, 6.45) is 0.570. The maximum Gasteiger partial charge on any atom is 0.233 e. The van der Waals surface area contributed by atoms with Gasteiger partial charge in [0.1, 0.15) is 4.33 Å². The van der Waals surface area contributed by atoms with Crippen molar-refractivity contribution in [2.75, 3.05) is 17.2 Å². The molecule has 0 N–H and O–H groups in total. The van der Waals surface area contributed by atoms with Crippen molar-refractivity contribution in [1.82, 2.24) is 0 Å². The number of rotatable bonds is 1. The van der Waals surface area contributed by atoms with Crippen LogP contribution in [0.4, 0.5) is 5.69 Å². The molecule has 0 spiro atoms. The van der Waals surface area contributed by atoms with Crippen LogP contribution in [-0.2, 0) is 4.79 Å². The molecule has 2 nitrogen and oxygen atoms in total. The second-order valence-electron chi connectivity index (χ2n) is 4.32. The molecule has 1 saturated carbocycles. The van der Waals surface area contributed by atoms with Crippen molar-refractivity contribution in [3.8, 4) is 0 Å². The fourth-order valence-corrected chi connectivity index (χ4v) is 3.56. The number of benzene rings is 1. The number of nitrogens with zero attached hydrogens (tertiary/aromatic N) is 1. The summed E-state index contributed by atoms with van der Waals surface area (Å²) in [4.78, 5) is 15.3. The van der Waals surface area contributed by atoms with Crippen LogP contribution in [0.1, 0.15) is 6.42 Å². The van der Waals surface area contributed by atoms with E-state index in [1.54, 1.807) is 11.8 Å². The number of carbonyl (C=O) groups is 1. The van der Waals surface area contributed by atoms with Gasteiger partial charge < -0.3 is 4.90 Å². The van der Waals surface area contributed by atoms with Gasteiger partial charge in [0.25, 0.3) is 0 Å². The standard InChI is InChI=1S/C12H11Cl2NOS/c13-12(14)7-8(12)11(16)15-5-6-17-10-4-2-1-3-9(10)15/h1-4,8H,5-7H2. The van der Waals surface area contributed by atoms with Crippen LogP contribution in [0, 0.1) is 5.92 Å². The summed E-state index contributed by atoms with van der Waals surface area (Å²) < 4.78 is -0.837. The first-order chi connectivity index (χ1) is 8.09. The highest BCUT2D eigenvalue weighted by molar-refractivity contribution is 7.99. The molecule has 1 fully saturated rings. The van der Waals surface area contributed by atoms with Crippen LogP contribution < -0.4 is 4.90 Å². The van der Waals surface area contributed by atoms with Crippen molar-refractivity contribution in [1.29, 1.82) is 0 Å². The van der Waals surface area contributed by atoms with Crippen LogP contribution in [-0.4, -0.2) is 22.5 Å². The molecule has 0 saturated heterocycles. The van der Waals surface area contributed by atoms with E-state index >= 15 is 0 Å². The normalized spacial score (nSPS) is 25.3. The SMILES string of the molecule is O=C(C1CC1(Cl)Cl)N1CCSc2ccccc21. The van der Waals surface area contributed by atoms with Gasteiger partial charge in [0.05, 0.1) is 11.6 Å². The van der Waals surface area contributed by atoms with Crippen LogP contribution in [0.15, 0.2) is 29.2 Å². The van der Waals surface area contributed by atoms with Crippen LogP contribution in [0.2, 0.25) is 0 Å². The molecule has 2 aliphatic rings. The van der Waals surface area contributed by atoms with E-state index in [1.807, 2.05) is 29.2 Å². The minimum atomic E-state index is -0.837. The zero-order chi connectivity index (χ0) is 12.0. The summed E-state index contributed by atoms with van der Waals surface area (Å²) >= 11 is 13.7. The Balaban J connectivity index is 1.88. The van der Waals surface area contributed by atoms with Gasteiger partial charge in [-0.25, -0.2) is 0 Å². The van der Waals surface area contributed by atoms with Crippen LogP contribution in [0.3, 0.4) is 0 Å². The third-order valence-electron chi connectivity index (χ3n) is 3.12. The van der Waals surface area contributed by atoms with Gasteiger partial charge in [-0.3, -0.25) is 4.79 Å². The van der Waals surface area contributed by atoms with Gasteiger partial charge in [0.2, 0.25) is 5.91 Å². The fraction of sp³-hybridized carbons (Fsp3) is 0.417. The molecule has 17 heavy (non-hydrogen) atoms. The van der Waals surface area contributed by atoms with E-state index in [0.717, 1.165) is 22.9 Å². The monoisotopic (exact) mass is 287 g/mol. The summed E-state index contributed by atoms with van der Waals surface area (Å²) in [7, 11) is 0. The molecule has 0 bridgehead atoms. The number of thioether (sulfide) groups is 1. The van der Waals surface area contributed by atoms with Gasteiger partial charge in [0, 0.05) is 17.2 Å². The van der Waals surface area contributed by atoms with Crippen LogP contribution in [0.25, 0.3) is 0 Å². The molecular formula is C12H11Cl2NOS. The number of carbonyl (C=O) groups excluding carboxylic acids is 1. The van der Waals surface area contributed by atoms with Gasteiger partial charge in [-0.1, -0.05) is 12.1 Å². The van der Waals surface area contributed by atoms with Gasteiger partial charge in [-0.2, -0.15) is 0 Å². The summed E-state index contributed by atoms with van der Waals surface area (Å²) in [5, 5.41) is 0. The third-order valence-corrected chi connectivity index (χ3v) is 5.00. The van der Waals surface area contributed by atoms with E-state index in [1.165, 1.54) is 0 Å². The fourth-order valence-electron chi connectivity index (χ4n) is 2.07. The molecule has 5 heteroatoms. The van der Waals surface area contributed by atoms with Gasteiger partial charge in [-0.15, -0.1) is 35.0 Å². The van der Waals surface area contributed by atoms with E-state index in [2.05, 4.69) is 0 Å². The predicted molar refractivity (Wildman–Crippen MR) is 72.1 cm³/mol. The minimum Gasteiger partial charge on any atom is -0.310 e. The maximum atomic E-state index is 12.3. The van der Waals surface area contributed by atoms with E-state index in [9.17, 15) is 4.79 Å². The molecule has 90 valence electrons. The second kappa shape index (κ2) is 4.08. The number of hydrogen-bond donors (Lipinski definition) is 0. The van der Waals surface area contributed by atoms with E-state index in [0.29, 0.717) is 6.42 Å². The summed E-state index contributed by atoms with van der Waals surface area (Å²) in [6, 6.07) is 7.96. The maximum absolute atomic E-state index is 12.3. The molecule has 1 heterocycles. The van der Waals surface area contributed by atoms with Gasteiger partial charge in [0.15, 0.2) is 0 Å². The molecule has 0 radical (unpaired) electrons. The second-order valence-corrected chi connectivity index (χ2v) is 7.00. The molecule has 1 unspecified atom stereocenters. The Bertz CT molecular complexity index is 477. The van der Waals surface area contributed by atoms with E-state index in [4.69, 9.17) is 23.2 Å². The number of hydrogen-bond acceptors (Lipinski definition) is 2. The lowest BCUT2D eigenvalue weighted by Crippen LogP contribution is -2.37. The zero-order valence-electron chi connectivity index (χ0n) is 9.03. The van der Waals surface area contributed by atoms with Crippen molar-refractivity contribution in [2.24, 2.45) is 5.92 Å². The van der Waals surface area contributed by atoms with Crippen LogP contribution >= 0.6 is 35.0 Å². The Morgan fingerprint density at radius 2 is 2.12 bits per heavy atom. The molecule has 0 aromatic heterocycles. The van der Waals surface area contributed by atoms with Gasteiger partial charge >= 0.3 is 0 Å². The Morgan fingerprint density at radius 1 is 1.41 bits per heavy atom.